The molecule has 1 heterocycles. The van der Waals surface area contributed by atoms with Gasteiger partial charge >= 0.3 is 0 Å². The average molecular weight is 383 g/mol. The van der Waals surface area contributed by atoms with Gasteiger partial charge in [0.1, 0.15) is 5.82 Å². The predicted molar refractivity (Wildman–Crippen MR) is 98.7 cm³/mol. The molecule has 1 atom stereocenters. The summed E-state index contributed by atoms with van der Waals surface area (Å²) < 4.78 is 13.1. The third-order valence-electron chi connectivity index (χ3n) is 4.83. The van der Waals surface area contributed by atoms with Gasteiger partial charge < -0.3 is 10.6 Å². The van der Waals surface area contributed by atoms with Gasteiger partial charge in [0.25, 0.3) is 0 Å². The van der Waals surface area contributed by atoms with Crippen LogP contribution < -0.4 is 10.6 Å². The summed E-state index contributed by atoms with van der Waals surface area (Å²) in [5.74, 6) is -0.543. The molecule has 3 rings (SSSR count). The van der Waals surface area contributed by atoms with E-state index < -0.39 is 5.82 Å². The van der Waals surface area contributed by atoms with Gasteiger partial charge in [-0.25, -0.2) is 4.39 Å². The first-order chi connectivity index (χ1) is 12.4. The van der Waals surface area contributed by atoms with Gasteiger partial charge in [0, 0.05) is 32.2 Å². The Morgan fingerprint density at radius 3 is 2.58 bits per heavy atom. The van der Waals surface area contributed by atoms with Crippen molar-refractivity contribution in [3.63, 3.8) is 0 Å². The molecular formula is C18H24ClFN4O2. The van der Waals surface area contributed by atoms with Gasteiger partial charge in [-0.05, 0) is 38.0 Å². The molecule has 1 aliphatic heterocycles. The quantitative estimate of drug-likeness (QED) is 0.786. The second-order valence-electron chi connectivity index (χ2n) is 6.94. The van der Waals surface area contributed by atoms with Gasteiger partial charge in [-0.3, -0.25) is 19.4 Å². The fraction of sp³-hybridized carbons (Fsp3) is 0.556. The molecule has 1 saturated carbocycles. The number of piperazine rings is 1. The largest absolute Gasteiger partial charge is 0.352 e. The molecule has 1 aliphatic carbocycles. The Kier molecular flexibility index (Phi) is 6.11. The van der Waals surface area contributed by atoms with Gasteiger partial charge in [0.05, 0.1) is 23.3 Å². The number of benzene rings is 1. The lowest BCUT2D eigenvalue weighted by Gasteiger charge is -2.37. The summed E-state index contributed by atoms with van der Waals surface area (Å²) in [6, 6.07) is 3.94. The van der Waals surface area contributed by atoms with E-state index in [1.54, 1.807) is 0 Å². The summed E-state index contributed by atoms with van der Waals surface area (Å²) in [5, 5.41) is 5.92. The molecule has 2 amide bonds. The van der Waals surface area contributed by atoms with Crippen LogP contribution in [-0.4, -0.2) is 66.4 Å². The van der Waals surface area contributed by atoms with Crippen molar-refractivity contribution in [1.29, 1.82) is 0 Å². The fourth-order valence-corrected chi connectivity index (χ4v) is 3.22. The topological polar surface area (TPSA) is 64.7 Å². The Morgan fingerprint density at radius 2 is 1.96 bits per heavy atom. The lowest BCUT2D eigenvalue weighted by atomic mass is 10.2. The number of hydrogen-bond donors (Lipinski definition) is 2. The summed E-state index contributed by atoms with van der Waals surface area (Å²) in [6.45, 7) is 5.16. The third-order valence-corrected chi connectivity index (χ3v) is 5.15. The molecule has 0 radical (unpaired) electrons. The van der Waals surface area contributed by atoms with E-state index in [0.717, 1.165) is 25.9 Å². The molecule has 0 unspecified atom stereocenters. The van der Waals surface area contributed by atoms with E-state index in [1.165, 1.54) is 18.2 Å². The second-order valence-corrected chi connectivity index (χ2v) is 7.35. The van der Waals surface area contributed by atoms with Crippen molar-refractivity contribution >= 4 is 29.1 Å². The molecular weight excluding hydrogens is 359 g/mol. The highest BCUT2D eigenvalue weighted by Crippen LogP contribution is 2.23. The normalized spacial score (nSPS) is 19.8. The number of nitrogens with zero attached hydrogens (tertiary/aromatic N) is 2. The smallest absolute Gasteiger partial charge is 0.241 e. The maximum absolute atomic E-state index is 13.1. The number of rotatable bonds is 6. The van der Waals surface area contributed by atoms with Crippen LogP contribution in [0.1, 0.15) is 19.8 Å². The minimum atomic E-state index is -0.442. The molecule has 2 fully saturated rings. The minimum absolute atomic E-state index is 0.0812. The number of amides is 2. The number of hydrogen-bond acceptors (Lipinski definition) is 4. The van der Waals surface area contributed by atoms with Crippen molar-refractivity contribution in [3.8, 4) is 0 Å². The number of carbonyl (C=O) groups is 2. The molecule has 2 N–H and O–H groups in total. The molecule has 0 bridgehead atoms. The van der Waals surface area contributed by atoms with E-state index in [4.69, 9.17) is 11.6 Å². The van der Waals surface area contributed by atoms with Crippen LogP contribution in [0.3, 0.4) is 0 Å². The zero-order chi connectivity index (χ0) is 18.7. The number of halogens is 2. The standard InChI is InChI=1S/C18H24ClFN4O2/c1-12(18(26)22-16-5-2-13(20)10-15(16)19)24-8-6-23(7-9-24)11-17(25)21-14-3-4-14/h2,5,10,12,14H,3-4,6-9,11H2,1H3,(H,21,25)(H,22,26)/t12-/m1/s1. The first-order valence-electron chi connectivity index (χ1n) is 8.94. The van der Waals surface area contributed by atoms with E-state index in [2.05, 4.69) is 20.4 Å². The van der Waals surface area contributed by atoms with Crippen molar-refractivity contribution in [2.24, 2.45) is 0 Å². The molecule has 26 heavy (non-hydrogen) atoms. The Balaban J connectivity index is 1.45. The van der Waals surface area contributed by atoms with E-state index in [0.29, 0.717) is 31.4 Å². The number of anilines is 1. The Labute approximate surface area is 157 Å². The van der Waals surface area contributed by atoms with E-state index in [9.17, 15) is 14.0 Å². The third kappa shape index (κ3) is 5.16. The van der Waals surface area contributed by atoms with E-state index in [-0.39, 0.29) is 22.9 Å². The van der Waals surface area contributed by atoms with E-state index in [1.807, 2.05) is 6.92 Å². The number of carbonyl (C=O) groups excluding carboxylic acids is 2. The molecule has 1 aromatic carbocycles. The Bertz CT molecular complexity index is 675. The van der Waals surface area contributed by atoms with Gasteiger partial charge in [0.15, 0.2) is 0 Å². The second kappa shape index (κ2) is 8.33. The van der Waals surface area contributed by atoms with Gasteiger partial charge in [0.2, 0.25) is 11.8 Å². The molecule has 1 aromatic rings. The number of nitrogens with one attached hydrogen (secondary N) is 2. The van der Waals surface area contributed by atoms with Crippen LogP contribution in [0.15, 0.2) is 18.2 Å². The maximum Gasteiger partial charge on any atom is 0.241 e. The molecule has 1 saturated heterocycles. The summed E-state index contributed by atoms with van der Waals surface area (Å²) in [7, 11) is 0. The van der Waals surface area contributed by atoms with Crippen molar-refractivity contribution in [1.82, 2.24) is 15.1 Å². The first-order valence-corrected chi connectivity index (χ1v) is 9.32. The lowest BCUT2D eigenvalue weighted by molar-refractivity contribution is -0.124. The molecule has 0 aromatic heterocycles. The van der Waals surface area contributed by atoms with Gasteiger partial charge in [-0.2, -0.15) is 0 Å². The van der Waals surface area contributed by atoms with Crippen molar-refractivity contribution in [3.05, 3.63) is 29.0 Å². The van der Waals surface area contributed by atoms with Crippen LogP contribution >= 0.6 is 11.6 Å². The molecule has 2 aliphatic rings. The van der Waals surface area contributed by atoms with Crippen molar-refractivity contribution < 1.29 is 14.0 Å². The molecule has 0 spiro atoms. The highest BCUT2D eigenvalue weighted by Gasteiger charge is 2.28. The van der Waals surface area contributed by atoms with Gasteiger partial charge in [-0.15, -0.1) is 0 Å². The minimum Gasteiger partial charge on any atom is -0.352 e. The zero-order valence-corrected chi connectivity index (χ0v) is 15.6. The highest BCUT2D eigenvalue weighted by atomic mass is 35.5. The van der Waals surface area contributed by atoms with Crippen LogP contribution in [0, 0.1) is 5.82 Å². The summed E-state index contributed by atoms with van der Waals surface area (Å²) >= 11 is 5.96. The Hall–Kier alpha value is -1.70. The van der Waals surface area contributed by atoms with Crippen LogP contribution in [0.25, 0.3) is 0 Å². The van der Waals surface area contributed by atoms with Crippen LogP contribution in [-0.2, 0) is 9.59 Å². The first kappa shape index (κ1) is 19.1. The van der Waals surface area contributed by atoms with Crippen molar-refractivity contribution in [2.75, 3.05) is 38.0 Å². The summed E-state index contributed by atoms with van der Waals surface area (Å²) in [4.78, 5) is 28.5. The highest BCUT2D eigenvalue weighted by molar-refractivity contribution is 6.33. The lowest BCUT2D eigenvalue weighted by Crippen LogP contribution is -2.54. The molecule has 142 valence electrons. The zero-order valence-electron chi connectivity index (χ0n) is 14.8. The van der Waals surface area contributed by atoms with Crippen LogP contribution in [0.5, 0.6) is 0 Å². The van der Waals surface area contributed by atoms with Crippen LogP contribution in [0.4, 0.5) is 10.1 Å². The molecule has 8 heteroatoms. The predicted octanol–water partition coefficient (Wildman–Crippen LogP) is 1.70. The Morgan fingerprint density at radius 1 is 1.27 bits per heavy atom. The molecule has 6 nitrogen and oxygen atoms in total. The SMILES string of the molecule is C[C@H](C(=O)Nc1ccc(F)cc1Cl)N1CCN(CC(=O)NC2CC2)CC1. The summed E-state index contributed by atoms with van der Waals surface area (Å²) in [6.07, 6.45) is 2.18. The average Bonchev–Trinajstić information content (AvgIpc) is 3.41. The monoisotopic (exact) mass is 382 g/mol. The van der Waals surface area contributed by atoms with Crippen molar-refractivity contribution in [2.45, 2.75) is 31.8 Å². The van der Waals surface area contributed by atoms with Gasteiger partial charge in [-0.1, -0.05) is 11.6 Å². The van der Waals surface area contributed by atoms with E-state index >= 15 is 0 Å². The fourth-order valence-electron chi connectivity index (χ4n) is 3.01. The maximum atomic E-state index is 13.1. The van der Waals surface area contributed by atoms with Crippen LogP contribution in [0.2, 0.25) is 5.02 Å². The summed E-state index contributed by atoms with van der Waals surface area (Å²) in [5.41, 5.74) is 0.403.